The minimum absolute atomic E-state index is 0.321. The highest BCUT2D eigenvalue weighted by Crippen LogP contribution is 2.33. The molecule has 1 heterocycles. The van der Waals surface area contributed by atoms with Gasteiger partial charge in [-0.15, -0.1) is 0 Å². The average molecular weight is 285 g/mol. The molecule has 1 aromatic heterocycles. The van der Waals surface area contributed by atoms with Crippen LogP contribution in [0.4, 0.5) is 0 Å². The van der Waals surface area contributed by atoms with E-state index in [1.807, 2.05) is 12.1 Å². The second kappa shape index (κ2) is 5.53. The summed E-state index contributed by atoms with van der Waals surface area (Å²) in [7, 11) is 0. The maximum absolute atomic E-state index is 11.8. The van der Waals surface area contributed by atoms with Crippen molar-refractivity contribution in [1.29, 1.82) is 0 Å². The summed E-state index contributed by atoms with van der Waals surface area (Å²) < 4.78 is 0. The molecule has 0 bridgehead atoms. The van der Waals surface area contributed by atoms with Crippen molar-refractivity contribution in [3.63, 3.8) is 0 Å². The Morgan fingerprint density at radius 2 is 2.19 bits per heavy atom. The van der Waals surface area contributed by atoms with Crippen LogP contribution in [-0.4, -0.2) is 34.9 Å². The van der Waals surface area contributed by atoms with Crippen LogP contribution in [0.1, 0.15) is 41.8 Å². The molecule has 1 aromatic carbocycles. The lowest BCUT2D eigenvalue weighted by atomic mass is 9.85. The van der Waals surface area contributed by atoms with E-state index in [4.69, 9.17) is 5.73 Å². The number of carbonyl (C=O) groups is 1. The number of nitrogens with one attached hydrogen (secondary N) is 1. The Kier molecular flexibility index (Phi) is 3.72. The molecule has 4 heteroatoms. The van der Waals surface area contributed by atoms with E-state index in [1.165, 1.54) is 10.9 Å². The van der Waals surface area contributed by atoms with Gasteiger partial charge < -0.3 is 15.6 Å². The minimum Gasteiger partial charge on any atom is -0.366 e. The molecule has 1 amide bonds. The highest BCUT2D eigenvalue weighted by atomic mass is 16.1. The van der Waals surface area contributed by atoms with E-state index in [-0.39, 0.29) is 5.91 Å². The van der Waals surface area contributed by atoms with E-state index in [0.29, 0.717) is 11.6 Å². The number of amides is 1. The summed E-state index contributed by atoms with van der Waals surface area (Å²) in [6.45, 7) is 6.56. The highest BCUT2D eigenvalue weighted by Gasteiger charge is 2.28. The van der Waals surface area contributed by atoms with Crippen LogP contribution in [0.3, 0.4) is 0 Å². The molecule has 0 saturated heterocycles. The molecular weight excluding hydrogens is 262 g/mol. The van der Waals surface area contributed by atoms with Gasteiger partial charge in [0, 0.05) is 28.7 Å². The molecule has 4 nitrogen and oxygen atoms in total. The van der Waals surface area contributed by atoms with Crippen LogP contribution >= 0.6 is 0 Å². The van der Waals surface area contributed by atoms with Gasteiger partial charge in [0.1, 0.15) is 0 Å². The zero-order valence-electron chi connectivity index (χ0n) is 12.8. The summed E-state index contributed by atoms with van der Waals surface area (Å²) in [6.07, 6.45) is 5.19. The van der Waals surface area contributed by atoms with Crippen LogP contribution in [0.15, 0.2) is 18.3 Å². The number of primary amides is 1. The zero-order chi connectivity index (χ0) is 15.0. The van der Waals surface area contributed by atoms with Gasteiger partial charge in [-0.25, -0.2) is 0 Å². The lowest BCUT2D eigenvalue weighted by Crippen LogP contribution is -2.40. The first-order valence-electron chi connectivity index (χ1n) is 7.81. The van der Waals surface area contributed by atoms with E-state index < -0.39 is 0 Å². The van der Waals surface area contributed by atoms with Crippen LogP contribution in [0.25, 0.3) is 10.9 Å². The fraction of sp³-hybridized carbons (Fsp3) is 0.471. The number of aromatic nitrogens is 1. The van der Waals surface area contributed by atoms with Gasteiger partial charge in [0.2, 0.25) is 5.91 Å². The molecule has 1 aliphatic rings. The van der Waals surface area contributed by atoms with E-state index >= 15 is 0 Å². The van der Waals surface area contributed by atoms with Crippen LogP contribution in [0.5, 0.6) is 0 Å². The first kappa shape index (κ1) is 14.1. The first-order chi connectivity index (χ1) is 10.2. The van der Waals surface area contributed by atoms with E-state index in [1.54, 1.807) is 0 Å². The van der Waals surface area contributed by atoms with Crippen molar-refractivity contribution in [2.75, 3.05) is 13.1 Å². The molecule has 0 fully saturated rings. The number of hydrogen-bond donors (Lipinski definition) is 2. The Morgan fingerprint density at radius 1 is 1.38 bits per heavy atom. The Labute approximate surface area is 125 Å². The predicted octanol–water partition coefficient (Wildman–Crippen LogP) is 2.47. The molecular formula is C17H23N3O. The van der Waals surface area contributed by atoms with Gasteiger partial charge in [0.05, 0.1) is 0 Å². The third kappa shape index (κ3) is 2.33. The quantitative estimate of drug-likeness (QED) is 0.886. The number of H-pyrrole nitrogens is 1. The summed E-state index contributed by atoms with van der Waals surface area (Å²) >= 11 is 0. The largest absolute Gasteiger partial charge is 0.366 e. The normalized spacial score (nSPS) is 17.6. The number of carbonyl (C=O) groups excluding carboxylic acids is 1. The standard InChI is InChI=1S/C17H23N3O/c1-3-7-20(4-2)12-8-11-10-19-15-6-5-13(17(18)21)14(9-12)16(11)15/h5-6,10,12,19H,3-4,7-9H2,1-2H3,(H2,18,21). The molecule has 3 N–H and O–H groups in total. The molecule has 21 heavy (non-hydrogen) atoms. The van der Waals surface area contributed by atoms with Gasteiger partial charge in [-0.3, -0.25) is 4.79 Å². The van der Waals surface area contributed by atoms with Gasteiger partial charge in [-0.2, -0.15) is 0 Å². The summed E-state index contributed by atoms with van der Waals surface area (Å²) in [5.74, 6) is -0.321. The van der Waals surface area contributed by atoms with Crippen molar-refractivity contribution < 1.29 is 4.79 Å². The van der Waals surface area contributed by atoms with Gasteiger partial charge in [0.25, 0.3) is 0 Å². The van der Waals surface area contributed by atoms with Gasteiger partial charge in [-0.1, -0.05) is 13.8 Å². The van der Waals surface area contributed by atoms with Crippen molar-refractivity contribution in [2.24, 2.45) is 5.73 Å². The van der Waals surface area contributed by atoms with Crippen molar-refractivity contribution in [2.45, 2.75) is 39.2 Å². The second-order valence-electron chi connectivity index (χ2n) is 5.88. The first-order valence-corrected chi connectivity index (χ1v) is 7.81. The molecule has 2 aromatic rings. The number of aromatic amines is 1. The monoisotopic (exact) mass is 285 g/mol. The van der Waals surface area contributed by atoms with Crippen LogP contribution < -0.4 is 5.73 Å². The Hall–Kier alpha value is -1.81. The predicted molar refractivity (Wildman–Crippen MR) is 85.6 cm³/mol. The number of likely N-dealkylation sites (N-methyl/N-ethyl adjacent to an activating group) is 1. The van der Waals surface area contributed by atoms with Crippen molar-refractivity contribution in [1.82, 2.24) is 9.88 Å². The van der Waals surface area contributed by atoms with Crippen LogP contribution in [0.2, 0.25) is 0 Å². The topological polar surface area (TPSA) is 62.1 Å². The SMILES string of the molecule is CCCN(CC)C1Cc2c[nH]c3ccc(C(N)=O)c(c23)C1. The molecule has 0 aliphatic heterocycles. The lowest BCUT2D eigenvalue weighted by Gasteiger charge is -2.34. The highest BCUT2D eigenvalue weighted by molar-refractivity contribution is 6.01. The third-order valence-corrected chi connectivity index (χ3v) is 4.63. The number of hydrogen-bond acceptors (Lipinski definition) is 2. The molecule has 1 unspecified atom stereocenters. The summed E-state index contributed by atoms with van der Waals surface area (Å²) in [5, 5.41) is 1.22. The van der Waals surface area contributed by atoms with E-state index in [2.05, 4.69) is 29.9 Å². The van der Waals surface area contributed by atoms with Crippen molar-refractivity contribution in [3.05, 3.63) is 35.0 Å². The molecule has 1 atom stereocenters. The maximum atomic E-state index is 11.8. The van der Waals surface area contributed by atoms with Crippen LogP contribution in [-0.2, 0) is 12.8 Å². The summed E-state index contributed by atoms with van der Waals surface area (Å²) in [4.78, 5) is 17.6. The molecule has 1 aliphatic carbocycles. The molecule has 112 valence electrons. The molecule has 3 rings (SSSR count). The number of rotatable bonds is 5. The Morgan fingerprint density at radius 3 is 2.86 bits per heavy atom. The van der Waals surface area contributed by atoms with Crippen LogP contribution in [0, 0.1) is 0 Å². The Bertz CT molecular complexity index is 674. The second-order valence-corrected chi connectivity index (χ2v) is 5.88. The molecule has 0 saturated carbocycles. The lowest BCUT2D eigenvalue weighted by molar-refractivity contribution is 0.0999. The Balaban J connectivity index is 2.06. The third-order valence-electron chi connectivity index (χ3n) is 4.63. The fourth-order valence-corrected chi connectivity index (χ4v) is 3.68. The average Bonchev–Trinajstić information content (AvgIpc) is 2.89. The smallest absolute Gasteiger partial charge is 0.249 e. The van der Waals surface area contributed by atoms with E-state index in [9.17, 15) is 4.79 Å². The number of nitrogens with zero attached hydrogens (tertiary/aromatic N) is 1. The minimum atomic E-state index is -0.321. The maximum Gasteiger partial charge on any atom is 0.249 e. The molecule has 0 radical (unpaired) electrons. The number of nitrogens with two attached hydrogens (primary N) is 1. The van der Waals surface area contributed by atoms with Gasteiger partial charge in [-0.05, 0) is 55.6 Å². The summed E-state index contributed by atoms with van der Waals surface area (Å²) in [5.41, 5.74) is 9.81. The van der Waals surface area contributed by atoms with Crippen molar-refractivity contribution >= 4 is 16.8 Å². The van der Waals surface area contributed by atoms with E-state index in [0.717, 1.165) is 43.4 Å². The zero-order valence-corrected chi connectivity index (χ0v) is 12.8. The van der Waals surface area contributed by atoms with Gasteiger partial charge >= 0.3 is 0 Å². The van der Waals surface area contributed by atoms with Crippen molar-refractivity contribution in [3.8, 4) is 0 Å². The summed E-state index contributed by atoms with van der Waals surface area (Å²) in [6, 6.07) is 4.28. The number of benzene rings is 1. The fourth-order valence-electron chi connectivity index (χ4n) is 3.68. The molecule has 0 spiro atoms. The van der Waals surface area contributed by atoms with Gasteiger partial charge in [0.15, 0.2) is 0 Å².